The summed E-state index contributed by atoms with van der Waals surface area (Å²) in [5, 5.41) is 0. The van der Waals surface area contributed by atoms with Gasteiger partial charge in [0.1, 0.15) is 5.76 Å². The molecular formula is C23H33NO5. The fourth-order valence-corrected chi connectivity index (χ4v) is 6.82. The molecule has 6 heteroatoms. The number of hydrogen-bond acceptors (Lipinski definition) is 6. The quantitative estimate of drug-likeness (QED) is 0.382. The van der Waals surface area contributed by atoms with Gasteiger partial charge in [0.2, 0.25) is 6.08 Å². The molecule has 0 spiro atoms. The third kappa shape index (κ3) is 3.68. The first-order valence-corrected chi connectivity index (χ1v) is 10.7. The minimum atomic E-state index is -0.219. The topological polar surface area (TPSA) is 82.0 Å². The van der Waals surface area contributed by atoms with Crippen LogP contribution < -0.4 is 0 Å². The van der Waals surface area contributed by atoms with Crippen LogP contribution in [0.1, 0.15) is 58.8 Å². The normalized spacial score (nSPS) is 39.2. The number of ether oxygens (including phenoxy) is 2. The van der Waals surface area contributed by atoms with Gasteiger partial charge in [-0.25, -0.2) is 9.79 Å². The van der Waals surface area contributed by atoms with Crippen molar-refractivity contribution in [3.8, 4) is 0 Å². The van der Waals surface area contributed by atoms with Crippen LogP contribution in [0.3, 0.4) is 0 Å². The maximum Gasteiger partial charge on any atom is 0.309 e. The molecule has 2 unspecified atom stereocenters. The molecule has 0 aromatic heterocycles. The van der Waals surface area contributed by atoms with Gasteiger partial charge in [-0.2, -0.15) is 0 Å². The summed E-state index contributed by atoms with van der Waals surface area (Å²) in [6.07, 6.45) is 9.16. The molecule has 0 aromatic rings. The Morgan fingerprint density at radius 1 is 1.21 bits per heavy atom. The lowest BCUT2D eigenvalue weighted by Gasteiger charge is -2.54. The molecule has 3 aliphatic carbocycles. The van der Waals surface area contributed by atoms with Gasteiger partial charge in [0.25, 0.3) is 0 Å². The van der Waals surface area contributed by atoms with Crippen molar-refractivity contribution in [2.24, 2.45) is 39.5 Å². The highest BCUT2D eigenvalue weighted by atomic mass is 16.5. The first-order valence-electron chi connectivity index (χ1n) is 10.7. The minimum Gasteiger partial charge on any atom is -0.500 e. The van der Waals surface area contributed by atoms with Crippen LogP contribution in [0.4, 0.5) is 0 Å². The summed E-state index contributed by atoms with van der Waals surface area (Å²) in [4.78, 5) is 39.0. The maximum absolute atomic E-state index is 12.5. The Hall–Kier alpha value is -1.94. The van der Waals surface area contributed by atoms with Gasteiger partial charge in [-0.3, -0.25) is 9.59 Å². The average molecular weight is 404 g/mol. The molecule has 29 heavy (non-hydrogen) atoms. The number of rotatable bonds is 6. The SMILES string of the molecule is COC(=O)[C@H]1CC[C@H]2C(CCN=C=O)C([C@@]3(C)CCC(=O)C=C3OC)CC[C@]12C. The summed E-state index contributed by atoms with van der Waals surface area (Å²) < 4.78 is 10.8. The molecule has 0 radical (unpaired) electrons. The van der Waals surface area contributed by atoms with Crippen LogP contribution >= 0.6 is 0 Å². The van der Waals surface area contributed by atoms with Crippen LogP contribution in [0.25, 0.3) is 0 Å². The van der Waals surface area contributed by atoms with E-state index < -0.39 is 0 Å². The number of ketones is 1. The monoisotopic (exact) mass is 403 g/mol. The number of aliphatic imine (C=N–C) groups is 1. The zero-order valence-corrected chi connectivity index (χ0v) is 18.0. The number of carbonyl (C=O) groups excluding carboxylic acids is 3. The number of nitrogens with zero attached hydrogens (tertiary/aromatic N) is 1. The van der Waals surface area contributed by atoms with Gasteiger partial charge < -0.3 is 9.47 Å². The van der Waals surface area contributed by atoms with E-state index in [1.165, 1.54) is 7.11 Å². The molecule has 0 amide bonds. The Kier molecular flexibility index (Phi) is 6.33. The average Bonchev–Trinajstić information content (AvgIpc) is 3.06. The number of esters is 1. The fourth-order valence-electron chi connectivity index (χ4n) is 6.82. The molecule has 0 bridgehead atoms. The van der Waals surface area contributed by atoms with Crippen molar-refractivity contribution in [1.29, 1.82) is 0 Å². The van der Waals surface area contributed by atoms with Crippen molar-refractivity contribution >= 4 is 17.8 Å². The summed E-state index contributed by atoms with van der Waals surface area (Å²) in [5.74, 6) is 1.69. The Balaban J connectivity index is 1.96. The number of allylic oxidation sites excluding steroid dienone is 2. The van der Waals surface area contributed by atoms with Gasteiger partial charge >= 0.3 is 5.97 Å². The van der Waals surface area contributed by atoms with E-state index >= 15 is 0 Å². The third-order valence-electron chi connectivity index (χ3n) is 8.35. The summed E-state index contributed by atoms with van der Waals surface area (Å²) in [6.45, 7) is 4.89. The molecule has 0 N–H and O–H groups in total. The van der Waals surface area contributed by atoms with Crippen molar-refractivity contribution in [1.82, 2.24) is 0 Å². The Bertz CT molecular complexity index is 740. The number of methoxy groups -OCH3 is 2. The van der Waals surface area contributed by atoms with Gasteiger partial charge in [0.05, 0.1) is 26.7 Å². The Morgan fingerprint density at radius 3 is 2.62 bits per heavy atom. The molecule has 160 valence electrons. The first-order chi connectivity index (χ1) is 13.8. The van der Waals surface area contributed by atoms with Crippen molar-refractivity contribution in [3.63, 3.8) is 0 Å². The molecule has 0 saturated heterocycles. The molecule has 3 aliphatic rings. The molecule has 6 atom stereocenters. The van der Waals surface area contributed by atoms with E-state index in [0.29, 0.717) is 30.7 Å². The van der Waals surface area contributed by atoms with Gasteiger partial charge in [-0.05, 0) is 61.7 Å². The van der Waals surface area contributed by atoms with Crippen molar-refractivity contribution < 1.29 is 23.9 Å². The van der Waals surface area contributed by atoms with Crippen LogP contribution in [0.5, 0.6) is 0 Å². The highest BCUT2D eigenvalue weighted by molar-refractivity contribution is 5.91. The summed E-state index contributed by atoms with van der Waals surface area (Å²) in [5.41, 5.74) is -0.320. The van der Waals surface area contributed by atoms with Crippen molar-refractivity contribution in [2.45, 2.75) is 58.8 Å². The van der Waals surface area contributed by atoms with Gasteiger partial charge in [-0.1, -0.05) is 13.8 Å². The van der Waals surface area contributed by atoms with Crippen LogP contribution in [0, 0.1) is 34.5 Å². The number of fused-ring (bicyclic) bond motifs is 1. The second-order valence-corrected chi connectivity index (χ2v) is 9.43. The largest absolute Gasteiger partial charge is 0.500 e. The standard InChI is InChI=1S/C23H33NO5/c1-22-11-8-18(23(2)10-7-15(26)13-20(23)28-3)16(9-12-24-14-25)17(22)5-6-19(22)21(27)29-4/h13,16-19H,5-12H2,1-4H3/t16?,17-,18?,19+,22-,23+/m0/s1. The predicted molar refractivity (Wildman–Crippen MR) is 108 cm³/mol. The lowest BCUT2D eigenvalue weighted by atomic mass is 9.51. The number of carbonyl (C=O) groups is 2. The highest BCUT2D eigenvalue weighted by Crippen LogP contribution is 2.64. The van der Waals surface area contributed by atoms with Crippen LogP contribution in [-0.4, -0.2) is 38.6 Å². The lowest BCUT2D eigenvalue weighted by Crippen LogP contribution is -2.49. The van der Waals surface area contributed by atoms with Gasteiger partial charge in [0.15, 0.2) is 5.78 Å². The molecule has 2 saturated carbocycles. The summed E-state index contributed by atoms with van der Waals surface area (Å²) in [6, 6.07) is 0. The second kappa shape index (κ2) is 8.43. The summed E-state index contributed by atoms with van der Waals surface area (Å²) in [7, 11) is 3.11. The maximum atomic E-state index is 12.5. The van der Waals surface area contributed by atoms with Gasteiger partial charge in [-0.15, -0.1) is 0 Å². The fraction of sp³-hybridized carbons (Fsp3) is 0.783. The van der Waals surface area contributed by atoms with Crippen LogP contribution in [0.2, 0.25) is 0 Å². The minimum absolute atomic E-state index is 0.0753. The molecular weight excluding hydrogens is 370 g/mol. The van der Waals surface area contributed by atoms with Gasteiger partial charge in [0, 0.05) is 17.9 Å². The number of isocyanates is 1. The third-order valence-corrected chi connectivity index (χ3v) is 8.35. The smallest absolute Gasteiger partial charge is 0.309 e. The van der Waals surface area contributed by atoms with E-state index in [9.17, 15) is 14.4 Å². The van der Waals surface area contributed by atoms with E-state index in [0.717, 1.165) is 44.3 Å². The predicted octanol–water partition coefficient (Wildman–Crippen LogP) is 3.84. The molecule has 6 nitrogen and oxygen atoms in total. The van der Waals surface area contributed by atoms with Crippen molar-refractivity contribution in [2.75, 3.05) is 20.8 Å². The van der Waals surface area contributed by atoms with E-state index in [2.05, 4.69) is 18.8 Å². The number of hydrogen-bond donors (Lipinski definition) is 0. The molecule has 3 rings (SSSR count). The van der Waals surface area contributed by atoms with Crippen LogP contribution in [-0.2, 0) is 23.9 Å². The van der Waals surface area contributed by atoms with Crippen molar-refractivity contribution in [3.05, 3.63) is 11.8 Å². The highest BCUT2D eigenvalue weighted by Gasteiger charge is 2.59. The van der Waals surface area contributed by atoms with Crippen LogP contribution in [0.15, 0.2) is 16.8 Å². The molecule has 0 aromatic carbocycles. The molecule has 0 heterocycles. The first kappa shape index (κ1) is 21.8. The Labute approximate surface area is 173 Å². The summed E-state index contributed by atoms with van der Waals surface area (Å²) >= 11 is 0. The van der Waals surface area contributed by atoms with E-state index in [-0.39, 0.29) is 28.5 Å². The van der Waals surface area contributed by atoms with E-state index in [1.54, 1.807) is 19.3 Å². The second-order valence-electron chi connectivity index (χ2n) is 9.43. The van der Waals surface area contributed by atoms with E-state index in [4.69, 9.17) is 9.47 Å². The lowest BCUT2D eigenvalue weighted by molar-refractivity contribution is -0.152. The zero-order chi connectivity index (χ0) is 21.2. The molecule has 0 aliphatic heterocycles. The van der Waals surface area contributed by atoms with E-state index in [1.807, 2.05) is 0 Å². The Morgan fingerprint density at radius 2 is 1.97 bits per heavy atom. The zero-order valence-electron chi connectivity index (χ0n) is 18.0. The molecule has 2 fully saturated rings.